The number of Topliss-reactive ketones (excluding diaryl/α,β-unsaturated/α-hetero) is 1. The summed E-state index contributed by atoms with van der Waals surface area (Å²) in [6, 6.07) is 4.73. The molecule has 0 unspecified atom stereocenters. The second-order valence-corrected chi connectivity index (χ2v) is 4.85. The Morgan fingerprint density at radius 3 is 2.53 bits per heavy atom. The Kier molecular flexibility index (Phi) is 3.47. The molecule has 1 saturated heterocycles. The van der Waals surface area contributed by atoms with Gasteiger partial charge in [0, 0.05) is 31.5 Å². The largest absolute Gasteiger partial charge is 0.507 e. The van der Waals surface area contributed by atoms with Gasteiger partial charge in [0.2, 0.25) is 0 Å². The molecule has 0 radical (unpaired) electrons. The van der Waals surface area contributed by atoms with Gasteiger partial charge in [-0.2, -0.15) is 0 Å². The highest BCUT2D eigenvalue weighted by Crippen LogP contribution is 2.25. The molecule has 0 aromatic heterocycles. The van der Waals surface area contributed by atoms with E-state index in [9.17, 15) is 14.7 Å². The molecule has 1 N–H and O–H groups in total. The first-order valence-corrected chi connectivity index (χ1v) is 6.17. The van der Waals surface area contributed by atoms with Crippen LogP contribution in [0.4, 0.5) is 0 Å². The minimum Gasteiger partial charge on any atom is -0.507 e. The van der Waals surface area contributed by atoms with E-state index in [1.54, 1.807) is 17.0 Å². The SMILES string of the molecule is O=C1CCN(C(=O)c2ccc(Br)c(O)c2)CC1. The van der Waals surface area contributed by atoms with E-state index in [0.717, 1.165) is 0 Å². The lowest BCUT2D eigenvalue weighted by Crippen LogP contribution is -2.38. The van der Waals surface area contributed by atoms with E-state index in [4.69, 9.17) is 0 Å². The average Bonchev–Trinajstić information content (AvgIpc) is 2.33. The summed E-state index contributed by atoms with van der Waals surface area (Å²) >= 11 is 3.16. The van der Waals surface area contributed by atoms with Gasteiger partial charge in [0.15, 0.2) is 0 Å². The maximum Gasteiger partial charge on any atom is 0.254 e. The normalized spacial score (nSPS) is 16.1. The van der Waals surface area contributed by atoms with E-state index in [-0.39, 0.29) is 17.4 Å². The number of rotatable bonds is 1. The number of likely N-dealkylation sites (tertiary alicyclic amines) is 1. The predicted molar refractivity (Wildman–Crippen MR) is 66.0 cm³/mol. The fourth-order valence-corrected chi connectivity index (χ4v) is 2.03. The number of halogens is 1. The van der Waals surface area contributed by atoms with Gasteiger partial charge >= 0.3 is 0 Å². The molecule has 1 aliphatic heterocycles. The smallest absolute Gasteiger partial charge is 0.254 e. The lowest BCUT2D eigenvalue weighted by molar-refractivity contribution is -0.120. The summed E-state index contributed by atoms with van der Waals surface area (Å²) in [6.07, 6.45) is 0.850. The summed E-state index contributed by atoms with van der Waals surface area (Å²) in [4.78, 5) is 24.8. The monoisotopic (exact) mass is 297 g/mol. The summed E-state index contributed by atoms with van der Waals surface area (Å²) in [7, 11) is 0. The van der Waals surface area contributed by atoms with Gasteiger partial charge in [-0.05, 0) is 34.1 Å². The van der Waals surface area contributed by atoms with E-state index in [1.165, 1.54) is 6.07 Å². The Morgan fingerprint density at radius 1 is 1.29 bits per heavy atom. The topological polar surface area (TPSA) is 57.6 Å². The standard InChI is InChI=1S/C12H12BrNO3/c13-10-2-1-8(7-11(10)16)12(17)14-5-3-9(15)4-6-14/h1-2,7,16H,3-6H2. The van der Waals surface area contributed by atoms with Crippen LogP contribution in [0.25, 0.3) is 0 Å². The van der Waals surface area contributed by atoms with E-state index in [0.29, 0.717) is 36.0 Å². The number of amides is 1. The minimum absolute atomic E-state index is 0.0453. The van der Waals surface area contributed by atoms with Gasteiger partial charge in [0.1, 0.15) is 11.5 Å². The number of nitrogens with zero attached hydrogens (tertiary/aromatic N) is 1. The molecule has 0 spiro atoms. The maximum atomic E-state index is 12.1. The molecule has 1 amide bonds. The molecule has 90 valence electrons. The van der Waals surface area contributed by atoms with Gasteiger partial charge < -0.3 is 10.0 Å². The number of piperidine rings is 1. The van der Waals surface area contributed by atoms with Crippen molar-refractivity contribution >= 4 is 27.6 Å². The fraction of sp³-hybridized carbons (Fsp3) is 0.333. The molecule has 17 heavy (non-hydrogen) atoms. The first-order chi connectivity index (χ1) is 8.08. The molecule has 0 atom stereocenters. The van der Waals surface area contributed by atoms with E-state index in [2.05, 4.69) is 15.9 Å². The molecule has 1 fully saturated rings. The van der Waals surface area contributed by atoms with Crippen LogP contribution in [0.1, 0.15) is 23.2 Å². The third kappa shape index (κ3) is 2.66. The van der Waals surface area contributed by atoms with Crippen LogP contribution in [-0.4, -0.2) is 34.8 Å². The number of aromatic hydroxyl groups is 1. The van der Waals surface area contributed by atoms with E-state index < -0.39 is 0 Å². The molecular weight excluding hydrogens is 286 g/mol. The first-order valence-electron chi connectivity index (χ1n) is 5.37. The highest BCUT2D eigenvalue weighted by molar-refractivity contribution is 9.10. The fourth-order valence-electron chi connectivity index (χ4n) is 1.79. The van der Waals surface area contributed by atoms with E-state index in [1.807, 2.05) is 0 Å². The lowest BCUT2D eigenvalue weighted by Gasteiger charge is -2.26. The van der Waals surface area contributed by atoms with Crippen LogP contribution in [0.2, 0.25) is 0 Å². The highest BCUT2D eigenvalue weighted by atomic mass is 79.9. The van der Waals surface area contributed by atoms with Crippen LogP contribution < -0.4 is 0 Å². The molecule has 0 bridgehead atoms. The number of phenolic OH excluding ortho intramolecular Hbond substituents is 1. The molecule has 0 aliphatic carbocycles. The molecule has 1 heterocycles. The van der Waals surface area contributed by atoms with Crippen molar-refractivity contribution in [3.05, 3.63) is 28.2 Å². The summed E-state index contributed by atoms with van der Waals surface area (Å²) in [5.41, 5.74) is 0.444. The van der Waals surface area contributed by atoms with E-state index >= 15 is 0 Å². The van der Waals surface area contributed by atoms with Gasteiger partial charge in [0.25, 0.3) is 5.91 Å². The number of benzene rings is 1. The van der Waals surface area contributed by atoms with Crippen molar-refractivity contribution in [3.63, 3.8) is 0 Å². The number of phenols is 1. The van der Waals surface area contributed by atoms with Gasteiger partial charge in [-0.1, -0.05) is 0 Å². The van der Waals surface area contributed by atoms with Crippen LogP contribution >= 0.6 is 15.9 Å². The summed E-state index contributed by atoms with van der Waals surface area (Å²) in [5, 5.41) is 9.52. The molecule has 1 aromatic rings. The zero-order valence-electron chi connectivity index (χ0n) is 9.15. The van der Waals surface area contributed by atoms with Gasteiger partial charge in [-0.25, -0.2) is 0 Å². The Bertz CT molecular complexity index is 463. The number of hydrogen-bond acceptors (Lipinski definition) is 3. The second-order valence-electron chi connectivity index (χ2n) is 4.00. The van der Waals surface area contributed by atoms with Crippen LogP contribution in [-0.2, 0) is 4.79 Å². The second kappa shape index (κ2) is 4.87. The van der Waals surface area contributed by atoms with Crippen LogP contribution in [0.3, 0.4) is 0 Å². The number of carbonyl (C=O) groups is 2. The highest BCUT2D eigenvalue weighted by Gasteiger charge is 2.22. The maximum absolute atomic E-state index is 12.1. The summed E-state index contributed by atoms with van der Waals surface area (Å²) < 4.78 is 0.558. The average molecular weight is 298 g/mol. The Labute approximate surface area is 107 Å². The van der Waals surface area contributed by atoms with Crippen LogP contribution in [0.5, 0.6) is 5.75 Å². The lowest BCUT2D eigenvalue weighted by atomic mass is 10.1. The minimum atomic E-state index is -0.139. The Morgan fingerprint density at radius 2 is 1.94 bits per heavy atom. The molecular formula is C12H12BrNO3. The van der Waals surface area contributed by atoms with Gasteiger partial charge in [-0.3, -0.25) is 9.59 Å². The van der Waals surface area contributed by atoms with Crippen molar-refractivity contribution in [2.75, 3.05) is 13.1 Å². The number of ketones is 1. The molecule has 1 aromatic carbocycles. The summed E-state index contributed by atoms with van der Waals surface area (Å²) in [6.45, 7) is 0.934. The summed E-state index contributed by atoms with van der Waals surface area (Å²) in [5.74, 6) is 0.108. The molecule has 2 rings (SSSR count). The molecule has 0 saturated carbocycles. The van der Waals surface area contributed by atoms with Crippen LogP contribution in [0.15, 0.2) is 22.7 Å². The number of hydrogen-bond donors (Lipinski definition) is 1. The van der Waals surface area contributed by atoms with Crippen molar-refractivity contribution < 1.29 is 14.7 Å². The van der Waals surface area contributed by atoms with Crippen molar-refractivity contribution in [2.45, 2.75) is 12.8 Å². The quantitative estimate of drug-likeness (QED) is 0.862. The zero-order chi connectivity index (χ0) is 12.4. The molecule has 1 aliphatic rings. The van der Waals surface area contributed by atoms with Gasteiger partial charge in [-0.15, -0.1) is 0 Å². The van der Waals surface area contributed by atoms with Crippen molar-refractivity contribution in [1.82, 2.24) is 4.90 Å². The third-order valence-corrected chi connectivity index (χ3v) is 3.47. The Hall–Kier alpha value is -1.36. The predicted octanol–water partition coefficient (Wildman–Crippen LogP) is 1.96. The van der Waals surface area contributed by atoms with Crippen molar-refractivity contribution in [2.24, 2.45) is 0 Å². The van der Waals surface area contributed by atoms with Gasteiger partial charge in [0.05, 0.1) is 4.47 Å². The van der Waals surface area contributed by atoms with Crippen molar-refractivity contribution in [3.8, 4) is 5.75 Å². The Balaban J connectivity index is 2.14. The molecule has 4 nitrogen and oxygen atoms in total. The van der Waals surface area contributed by atoms with Crippen LogP contribution in [0, 0.1) is 0 Å². The number of carbonyl (C=O) groups excluding carboxylic acids is 2. The molecule has 5 heteroatoms. The zero-order valence-corrected chi connectivity index (χ0v) is 10.7. The third-order valence-electron chi connectivity index (χ3n) is 2.80. The first kappa shape index (κ1) is 12.1. The van der Waals surface area contributed by atoms with Crippen molar-refractivity contribution in [1.29, 1.82) is 0 Å².